The summed E-state index contributed by atoms with van der Waals surface area (Å²) in [6, 6.07) is 8.76. The zero-order chi connectivity index (χ0) is 21.9. The molecule has 1 atom stereocenters. The number of hydrogen-bond acceptors (Lipinski definition) is 6. The summed E-state index contributed by atoms with van der Waals surface area (Å²) in [5.41, 5.74) is 7.17. The Hall–Kier alpha value is -1.99. The Kier molecular flexibility index (Phi) is 6.82. The van der Waals surface area contributed by atoms with Crippen molar-refractivity contribution in [3.63, 3.8) is 0 Å². The molecule has 0 aliphatic heterocycles. The fraction of sp³-hybridized carbons (Fsp3) is 0.696. The molecule has 1 aromatic heterocycles. The lowest BCUT2D eigenvalue weighted by Gasteiger charge is -2.35. The van der Waals surface area contributed by atoms with Crippen molar-refractivity contribution in [2.45, 2.75) is 90.4 Å². The third kappa shape index (κ3) is 5.58. The average molecular weight is 415 g/mol. The molecule has 3 N–H and O–H groups in total. The highest BCUT2D eigenvalue weighted by molar-refractivity contribution is 5.33. The lowest BCUT2D eigenvalue weighted by molar-refractivity contribution is 0.186. The van der Waals surface area contributed by atoms with Crippen molar-refractivity contribution in [1.29, 1.82) is 0 Å². The normalized spacial score (nSPS) is 21.4. The van der Waals surface area contributed by atoms with Crippen LogP contribution in [0.5, 0.6) is 5.75 Å². The Bertz CT molecular complexity index is 817. The van der Waals surface area contributed by atoms with Crippen molar-refractivity contribution in [2.24, 2.45) is 11.1 Å². The number of aromatic nitrogens is 4. The van der Waals surface area contributed by atoms with Crippen LogP contribution in [0.25, 0.3) is 0 Å². The molecule has 1 aromatic carbocycles. The van der Waals surface area contributed by atoms with Gasteiger partial charge in [0.15, 0.2) is 5.82 Å². The van der Waals surface area contributed by atoms with Gasteiger partial charge in [-0.25, -0.2) is 4.68 Å². The van der Waals surface area contributed by atoms with Crippen LogP contribution in [0.15, 0.2) is 24.3 Å². The van der Waals surface area contributed by atoms with Gasteiger partial charge in [0.2, 0.25) is 0 Å². The first kappa shape index (κ1) is 22.7. The lowest BCUT2D eigenvalue weighted by atomic mass is 9.81. The van der Waals surface area contributed by atoms with Gasteiger partial charge in [0.1, 0.15) is 5.75 Å². The summed E-state index contributed by atoms with van der Waals surface area (Å²) in [4.78, 5) is 0. The number of rotatable bonds is 7. The summed E-state index contributed by atoms with van der Waals surface area (Å²) < 4.78 is 7.49. The number of methoxy groups -OCH3 is 1. The van der Waals surface area contributed by atoms with Crippen LogP contribution >= 0.6 is 0 Å². The van der Waals surface area contributed by atoms with Crippen LogP contribution in [0.2, 0.25) is 0 Å². The van der Waals surface area contributed by atoms with E-state index in [1.165, 1.54) is 0 Å². The first-order valence-electron chi connectivity index (χ1n) is 11.0. The number of nitrogens with zero attached hydrogens (tertiary/aromatic N) is 4. The minimum absolute atomic E-state index is 0.117. The highest BCUT2D eigenvalue weighted by Crippen LogP contribution is 2.35. The van der Waals surface area contributed by atoms with Gasteiger partial charge < -0.3 is 15.8 Å². The summed E-state index contributed by atoms with van der Waals surface area (Å²) in [5.74, 6) is 1.67. The number of benzene rings is 1. The fourth-order valence-corrected chi connectivity index (χ4v) is 4.84. The number of ether oxygens (including phenoxy) is 1. The average Bonchev–Trinajstić information content (AvgIpc) is 3.16. The minimum atomic E-state index is -0.217. The standard InChI is InChI=1S/C23H38N6O/c1-22(2,3)15-23(4,5)29-21(26-27-28-29)20(16-8-7-9-19(14-16)30-6)25-18-12-10-17(24)11-13-18/h7-9,14,17-18,20,25H,10-13,15,24H2,1-6H3. The van der Waals surface area contributed by atoms with Crippen LogP contribution in [0.3, 0.4) is 0 Å². The minimum Gasteiger partial charge on any atom is -0.497 e. The van der Waals surface area contributed by atoms with E-state index in [1.807, 2.05) is 16.8 Å². The van der Waals surface area contributed by atoms with Crippen LogP contribution < -0.4 is 15.8 Å². The SMILES string of the molecule is COc1cccc(C(NC2CCC(N)CC2)c2nnnn2C(C)(C)CC(C)(C)C)c1. The van der Waals surface area contributed by atoms with E-state index in [2.05, 4.69) is 67.6 Å². The Morgan fingerprint density at radius 3 is 2.50 bits per heavy atom. The van der Waals surface area contributed by atoms with Crippen molar-refractivity contribution in [3.05, 3.63) is 35.7 Å². The van der Waals surface area contributed by atoms with Crippen LogP contribution in [-0.2, 0) is 5.54 Å². The quantitative estimate of drug-likeness (QED) is 0.716. The molecular formula is C23H38N6O. The predicted molar refractivity (Wildman–Crippen MR) is 119 cm³/mol. The molecule has 1 heterocycles. The molecule has 7 nitrogen and oxygen atoms in total. The Labute approximate surface area is 180 Å². The molecule has 1 saturated carbocycles. The second kappa shape index (κ2) is 9.02. The Morgan fingerprint density at radius 2 is 1.87 bits per heavy atom. The predicted octanol–water partition coefficient (Wildman–Crippen LogP) is 3.80. The molecule has 0 spiro atoms. The van der Waals surface area contributed by atoms with E-state index in [-0.39, 0.29) is 17.0 Å². The maximum absolute atomic E-state index is 6.13. The Morgan fingerprint density at radius 1 is 1.17 bits per heavy atom. The summed E-state index contributed by atoms with van der Waals surface area (Å²) >= 11 is 0. The maximum Gasteiger partial charge on any atom is 0.173 e. The molecule has 7 heteroatoms. The van der Waals surface area contributed by atoms with Gasteiger partial charge in [-0.1, -0.05) is 32.9 Å². The number of nitrogens with one attached hydrogen (secondary N) is 1. The number of tetrazole rings is 1. The molecule has 0 radical (unpaired) electrons. The molecule has 0 bridgehead atoms. The zero-order valence-corrected chi connectivity index (χ0v) is 19.4. The summed E-state index contributed by atoms with van der Waals surface area (Å²) in [5, 5.41) is 16.9. The molecule has 1 aliphatic carbocycles. The van der Waals surface area contributed by atoms with Gasteiger partial charge in [-0.05, 0) is 79.5 Å². The van der Waals surface area contributed by atoms with E-state index in [1.54, 1.807) is 7.11 Å². The number of hydrogen-bond donors (Lipinski definition) is 2. The van der Waals surface area contributed by atoms with E-state index in [9.17, 15) is 0 Å². The van der Waals surface area contributed by atoms with Crippen molar-refractivity contribution < 1.29 is 4.74 Å². The van der Waals surface area contributed by atoms with Crippen LogP contribution in [0.1, 0.15) is 84.2 Å². The molecule has 0 amide bonds. The lowest BCUT2D eigenvalue weighted by Crippen LogP contribution is -2.42. The van der Waals surface area contributed by atoms with Gasteiger partial charge in [-0.2, -0.15) is 0 Å². The van der Waals surface area contributed by atoms with E-state index in [0.29, 0.717) is 12.1 Å². The fourth-order valence-electron chi connectivity index (χ4n) is 4.84. The smallest absolute Gasteiger partial charge is 0.173 e. The molecule has 2 aromatic rings. The van der Waals surface area contributed by atoms with E-state index in [4.69, 9.17) is 10.5 Å². The second-order valence-corrected chi connectivity index (χ2v) is 10.5. The molecule has 1 unspecified atom stereocenters. The van der Waals surface area contributed by atoms with Gasteiger partial charge in [0.25, 0.3) is 0 Å². The van der Waals surface area contributed by atoms with Gasteiger partial charge in [0, 0.05) is 12.1 Å². The Balaban J connectivity index is 1.97. The van der Waals surface area contributed by atoms with E-state index >= 15 is 0 Å². The highest BCUT2D eigenvalue weighted by Gasteiger charge is 2.34. The van der Waals surface area contributed by atoms with E-state index in [0.717, 1.165) is 49.2 Å². The number of nitrogens with two attached hydrogens (primary N) is 1. The first-order chi connectivity index (χ1) is 14.1. The third-order valence-corrected chi connectivity index (χ3v) is 5.89. The first-order valence-corrected chi connectivity index (χ1v) is 11.0. The molecular weight excluding hydrogens is 376 g/mol. The topological polar surface area (TPSA) is 90.9 Å². The van der Waals surface area contributed by atoms with Gasteiger partial charge >= 0.3 is 0 Å². The maximum atomic E-state index is 6.13. The van der Waals surface area contributed by atoms with Crippen LogP contribution in [0, 0.1) is 5.41 Å². The van der Waals surface area contributed by atoms with Gasteiger partial charge in [0.05, 0.1) is 18.7 Å². The summed E-state index contributed by atoms with van der Waals surface area (Å²) in [7, 11) is 1.70. The molecule has 1 aliphatic rings. The zero-order valence-electron chi connectivity index (χ0n) is 19.4. The second-order valence-electron chi connectivity index (χ2n) is 10.5. The van der Waals surface area contributed by atoms with Gasteiger partial charge in [-0.15, -0.1) is 5.10 Å². The molecule has 0 saturated heterocycles. The molecule has 30 heavy (non-hydrogen) atoms. The largest absolute Gasteiger partial charge is 0.497 e. The van der Waals surface area contributed by atoms with Crippen LogP contribution in [0.4, 0.5) is 0 Å². The summed E-state index contributed by atoms with van der Waals surface area (Å²) in [6.07, 6.45) is 5.18. The molecule has 166 valence electrons. The van der Waals surface area contributed by atoms with Crippen molar-refractivity contribution in [1.82, 2.24) is 25.5 Å². The monoisotopic (exact) mass is 414 g/mol. The highest BCUT2D eigenvalue weighted by atomic mass is 16.5. The summed E-state index contributed by atoms with van der Waals surface area (Å²) in [6.45, 7) is 11.2. The van der Waals surface area contributed by atoms with Crippen molar-refractivity contribution in [3.8, 4) is 5.75 Å². The molecule has 3 rings (SSSR count). The van der Waals surface area contributed by atoms with Crippen LogP contribution in [-0.4, -0.2) is 39.4 Å². The van der Waals surface area contributed by atoms with Gasteiger partial charge in [-0.3, -0.25) is 0 Å². The van der Waals surface area contributed by atoms with E-state index < -0.39 is 0 Å². The molecule has 1 fully saturated rings. The van der Waals surface area contributed by atoms with Crippen molar-refractivity contribution in [2.75, 3.05) is 7.11 Å². The van der Waals surface area contributed by atoms with Crippen molar-refractivity contribution >= 4 is 0 Å². The third-order valence-electron chi connectivity index (χ3n) is 5.89.